The van der Waals surface area contributed by atoms with Crippen LogP contribution in [0.25, 0.3) is 0 Å². The summed E-state index contributed by atoms with van der Waals surface area (Å²) >= 11 is 1.54. The van der Waals surface area contributed by atoms with Crippen molar-refractivity contribution in [1.82, 2.24) is 10.0 Å². The largest absolute Gasteiger partial charge is 0.312 e. The monoisotopic (exact) mass is 304 g/mol. The van der Waals surface area contributed by atoms with Gasteiger partial charge in [0.1, 0.15) is 0 Å². The lowest BCUT2D eigenvalue weighted by Gasteiger charge is -2.12. The molecule has 110 valence electrons. The summed E-state index contributed by atoms with van der Waals surface area (Å²) in [6.07, 6.45) is 1.82. The molecule has 19 heavy (non-hydrogen) atoms. The van der Waals surface area contributed by atoms with Crippen LogP contribution in [-0.2, 0) is 16.6 Å². The second kappa shape index (κ2) is 7.38. The zero-order valence-corrected chi connectivity index (χ0v) is 13.7. The van der Waals surface area contributed by atoms with Crippen LogP contribution in [-0.4, -0.2) is 21.0 Å². The minimum Gasteiger partial charge on any atom is -0.312 e. The summed E-state index contributed by atoms with van der Waals surface area (Å²) in [5.41, 5.74) is 0. The Hall–Kier alpha value is -0.430. The van der Waals surface area contributed by atoms with Gasteiger partial charge in [-0.1, -0.05) is 20.3 Å². The Morgan fingerprint density at radius 2 is 2.05 bits per heavy atom. The van der Waals surface area contributed by atoms with Crippen LogP contribution in [0.15, 0.2) is 11.0 Å². The summed E-state index contributed by atoms with van der Waals surface area (Å²) in [6.45, 7) is 9.45. The van der Waals surface area contributed by atoms with Crippen LogP contribution in [0, 0.1) is 6.92 Å². The summed E-state index contributed by atoms with van der Waals surface area (Å²) in [7, 11) is -3.38. The van der Waals surface area contributed by atoms with Gasteiger partial charge in [-0.05, 0) is 32.9 Å². The first-order valence-electron chi connectivity index (χ1n) is 6.73. The van der Waals surface area contributed by atoms with Gasteiger partial charge in [0.05, 0.1) is 4.90 Å². The number of aryl methyl sites for hydroxylation is 1. The van der Waals surface area contributed by atoms with Gasteiger partial charge in [-0.25, -0.2) is 13.1 Å². The average Bonchev–Trinajstić information content (AvgIpc) is 2.68. The van der Waals surface area contributed by atoms with E-state index in [2.05, 4.69) is 17.0 Å². The van der Waals surface area contributed by atoms with Crippen molar-refractivity contribution in [2.75, 3.05) is 6.54 Å². The molecule has 0 aliphatic carbocycles. The van der Waals surface area contributed by atoms with Gasteiger partial charge in [0.2, 0.25) is 10.0 Å². The van der Waals surface area contributed by atoms with Crippen molar-refractivity contribution in [2.24, 2.45) is 0 Å². The minimum absolute atomic E-state index is 0.0217. The number of nitrogens with one attached hydrogen (secondary N) is 2. The third-order valence-electron chi connectivity index (χ3n) is 2.84. The second-order valence-corrected chi connectivity index (χ2v) is 7.75. The average molecular weight is 304 g/mol. The molecule has 1 rings (SSSR count). The molecule has 0 aliphatic rings. The molecular formula is C13H24N2O2S2. The highest BCUT2D eigenvalue weighted by molar-refractivity contribution is 7.89. The highest BCUT2D eigenvalue weighted by atomic mass is 32.2. The van der Waals surface area contributed by atoms with E-state index in [0.717, 1.165) is 35.7 Å². The highest BCUT2D eigenvalue weighted by Crippen LogP contribution is 2.25. The molecule has 0 fully saturated rings. The molecule has 1 heterocycles. The molecular weight excluding hydrogens is 280 g/mol. The van der Waals surface area contributed by atoms with Gasteiger partial charge >= 0.3 is 0 Å². The smallest absolute Gasteiger partial charge is 0.241 e. The van der Waals surface area contributed by atoms with E-state index in [4.69, 9.17) is 0 Å². The Kier molecular flexibility index (Phi) is 6.46. The lowest BCUT2D eigenvalue weighted by molar-refractivity contribution is 0.544. The van der Waals surface area contributed by atoms with Crippen molar-refractivity contribution < 1.29 is 8.42 Å². The van der Waals surface area contributed by atoms with E-state index in [1.165, 1.54) is 11.3 Å². The first-order chi connectivity index (χ1) is 8.90. The Labute approximate surface area is 120 Å². The number of rotatable bonds is 8. The van der Waals surface area contributed by atoms with Crippen LogP contribution in [0.2, 0.25) is 0 Å². The lowest BCUT2D eigenvalue weighted by atomic mass is 10.2. The standard InChI is InChI=1S/C13H24N2O2S2/c1-5-7-10(3)15-19(16,17)13-8-12(9-14-6-2)18-11(13)4/h8,10,14-15H,5-7,9H2,1-4H3. The van der Waals surface area contributed by atoms with Crippen LogP contribution >= 0.6 is 11.3 Å². The first-order valence-corrected chi connectivity index (χ1v) is 9.03. The first kappa shape index (κ1) is 16.6. The van der Waals surface area contributed by atoms with Gasteiger partial charge in [-0.2, -0.15) is 0 Å². The van der Waals surface area contributed by atoms with E-state index >= 15 is 0 Å². The summed E-state index contributed by atoms with van der Waals surface area (Å²) in [5.74, 6) is 0. The fourth-order valence-corrected chi connectivity index (χ4v) is 4.83. The van der Waals surface area contributed by atoms with E-state index in [9.17, 15) is 8.42 Å². The van der Waals surface area contributed by atoms with Crippen LogP contribution in [0.5, 0.6) is 0 Å². The third-order valence-corrected chi connectivity index (χ3v) is 5.74. The van der Waals surface area contributed by atoms with Crippen molar-refractivity contribution in [3.05, 3.63) is 15.8 Å². The zero-order valence-electron chi connectivity index (χ0n) is 12.1. The maximum atomic E-state index is 12.3. The van der Waals surface area contributed by atoms with E-state index < -0.39 is 10.0 Å². The molecule has 1 unspecified atom stereocenters. The number of sulfonamides is 1. The quantitative estimate of drug-likeness (QED) is 0.776. The molecule has 1 aromatic rings. The Morgan fingerprint density at radius 3 is 2.63 bits per heavy atom. The van der Waals surface area contributed by atoms with Crippen LogP contribution in [0.3, 0.4) is 0 Å². The predicted molar refractivity (Wildman–Crippen MR) is 81.1 cm³/mol. The molecule has 0 aliphatic heterocycles. The van der Waals surface area contributed by atoms with Crippen LogP contribution in [0.4, 0.5) is 0 Å². The van der Waals surface area contributed by atoms with E-state index in [0.29, 0.717) is 4.90 Å². The van der Waals surface area contributed by atoms with E-state index in [1.54, 1.807) is 6.07 Å². The van der Waals surface area contributed by atoms with Crippen LogP contribution in [0.1, 0.15) is 43.4 Å². The minimum atomic E-state index is -3.38. The third kappa shape index (κ3) is 4.87. The molecule has 0 spiro atoms. The fraction of sp³-hybridized carbons (Fsp3) is 0.692. The second-order valence-electron chi connectivity index (χ2n) is 4.72. The molecule has 2 N–H and O–H groups in total. The van der Waals surface area contributed by atoms with Gasteiger partial charge in [0.25, 0.3) is 0 Å². The maximum absolute atomic E-state index is 12.3. The van der Waals surface area contributed by atoms with Gasteiger partial charge in [-0.15, -0.1) is 11.3 Å². The molecule has 1 atom stereocenters. The van der Waals surface area contributed by atoms with Gasteiger partial charge in [-0.3, -0.25) is 0 Å². The number of thiophene rings is 1. The maximum Gasteiger partial charge on any atom is 0.241 e. The molecule has 6 heteroatoms. The Bertz CT molecular complexity index is 495. The summed E-state index contributed by atoms with van der Waals surface area (Å²) < 4.78 is 27.3. The molecule has 4 nitrogen and oxygen atoms in total. The van der Waals surface area contributed by atoms with E-state index in [-0.39, 0.29) is 6.04 Å². The van der Waals surface area contributed by atoms with Crippen molar-refractivity contribution >= 4 is 21.4 Å². The zero-order chi connectivity index (χ0) is 14.5. The molecule has 0 radical (unpaired) electrons. The predicted octanol–water partition coefficient (Wildman–Crippen LogP) is 2.63. The Morgan fingerprint density at radius 1 is 1.37 bits per heavy atom. The molecule has 0 amide bonds. The molecule has 0 saturated heterocycles. The Balaban J connectivity index is 2.85. The molecule has 0 bridgehead atoms. The van der Waals surface area contributed by atoms with Gasteiger partial charge in [0.15, 0.2) is 0 Å². The highest BCUT2D eigenvalue weighted by Gasteiger charge is 2.21. The van der Waals surface area contributed by atoms with Gasteiger partial charge in [0, 0.05) is 22.3 Å². The fourth-order valence-electron chi connectivity index (χ4n) is 1.95. The van der Waals surface area contributed by atoms with Crippen molar-refractivity contribution in [1.29, 1.82) is 0 Å². The molecule has 0 aromatic carbocycles. The molecule has 0 saturated carbocycles. The summed E-state index contributed by atoms with van der Waals surface area (Å²) in [4.78, 5) is 2.33. The number of hydrogen-bond acceptors (Lipinski definition) is 4. The molecule has 1 aromatic heterocycles. The van der Waals surface area contributed by atoms with Crippen molar-refractivity contribution in [3.63, 3.8) is 0 Å². The van der Waals surface area contributed by atoms with E-state index in [1.807, 2.05) is 20.8 Å². The van der Waals surface area contributed by atoms with Gasteiger partial charge < -0.3 is 5.32 Å². The van der Waals surface area contributed by atoms with Crippen LogP contribution < -0.4 is 10.0 Å². The topological polar surface area (TPSA) is 58.2 Å². The SMILES string of the molecule is CCCC(C)NS(=O)(=O)c1cc(CNCC)sc1C. The van der Waals surface area contributed by atoms with Crippen molar-refractivity contribution in [3.8, 4) is 0 Å². The van der Waals surface area contributed by atoms with Crippen molar-refractivity contribution in [2.45, 2.75) is 58.0 Å². The lowest BCUT2D eigenvalue weighted by Crippen LogP contribution is -2.32. The summed E-state index contributed by atoms with van der Waals surface area (Å²) in [5, 5.41) is 3.21. The summed E-state index contributed by atoms with van der Waals surface area (Å²) in [6, 6.07) is 1.76. The number of hydrogen-bond donors (Lipinski definition) is 2. The normalized spacial score (nSPS) is 13.7.